The quantitative estimate of drug-likeness (QED) is 0.728. The molecule has 14 heavy (non-hydrogen) atoms. The zero-order valence-corrected chi connectivity index (χ0v) is 9.15. The molecule has 0 saturated carbocycles. The number of aryl methyl sites for hydroxylation is 2. The van der Waals surface area contributed by atoms with Crippen molar-refractivity contribution in [2.24, 2.45) is 0 Å². The standard InChI is InChI=1S/C12H18FN/c1-4-5-14-8-11-10(3)6-9(2)7-12(11)13/h6-7,14H,4-5,8H2,1-3H3. The molecule has 1 nitrogen and oxygen atoms in total. The van der Waals surface area contributed by atoms with Crippen LogP contribution in [-0.4, -0.2) is 6.54 Å². The van der Waals surface area contributed by atoms with Crippen LogP contribution in [0.25, 0.3) is 0 Å². The van der Waals surface area contributed by atoms with Gasteiger partial charge in [-0.3, -0.25) is 0 Å². The van der Waals surface area contributed by atoms with E-state index in [2.05, 4.69) is 12.2 Å². The Bertz CT molecular complexity index is 284. The minimum absolute atomic E-state index is 0.0916. The van der Waals surface area contributed by atoms with Crippen LogP contribution in [0.2, 0.25) is 0 Å². The van der Waals surface area contributed by atoms with Crippen LogP contribution in [0, 0.1) is 19.7 Å². The summed E-state index contributed by atoms with van der Waals surface area (Å²) in [5.41, 5.74) is 2.81. The van der Waals surface area contributed by atoms with Crippen molar-refractivity contribution >= 4 is 0 Å². The van der Waals surface area contributed by atoms with Gasteiger partial charge in [0.25, 0.3) is 0 Å². The Morgan fingerprint density at radius 2 is 2.00 bits per heavy atom. The van der Waals surface area contributed by atoms with E-state index in [4.69, 9.17) is 0 Å². The molecular weight excluding hydrogens is 177 g/mol. The Morgan fingerprint density at radius 3 is 2.57 bits per heavy atom. The molecule has 0 spiro atoms. The van der Waals surface area contributed by atoms with E-state index in [9.17, 15) is 4.39 Å². The van der Waals surface area contributed by atoms with Gasteiger partial charge in [-0.15, -0.1) is 0 Å². The Kier molecular flexibility index (Phi) is 4.08. The third-order valence-corrected chi connectivity index (χ3v) is 2.29. The predicted octanol–water partition coefficient (Wildman–Crippen LogP) is 2.94. The van der Waals surface area contributed by atoms with Crippen molar-refractivity contribution in [2.45, 2.75) is 33.7 Å². The average molecular weight is 195 g/mol. The van der Waals surface area contributed by atoms with Gasteiger partial charge in [-0.1, -0.05) is 13.0 Å². The van der Waals surface area contributed by atoms with E-state index >= 15 is 0 Å². The van der Waals surface area contributed by atoms with Gasteiger partial charge in [-0.05, 0) is 44.0 Å². The van der Waals surface area contributed by atoms with Crippen LogP contribution >= 0.6 is 0 Å². The highest BCUT2D eigenvalue weighted by Crippen LogP contribution is 2.15. The molecule has 1 aromatic rings. The maximum absolute atomic E-state index is 13.5. The average Bonchev–Trinajstić information content (AvgIpc) is 2.09. The van der Waals surface area contributed by atoms with Gasteiger partial charge in [0.05, 0.1) is 0 Å². The van der Waals surface area contributed by atoms with Crippen LogP contribution in [0.5, 0.6) is 0 Å². The van der Waals surface area contributed by atoms with Crippen LogP contribution in [0.15, 0.2) is 12.1 Å². The molecule has 0 aliphatic rings. The van der Waals surface area contributed by atoms with Crippen LogP contribution < -0.4 is 5.32 Å². The fourth-order valence-electron chi connectivity index (χ4n) is 1.56. The van der Waals surface area contributed by atoms with E-state index in [-0.39, 0.29) is 5.82 Å². The fourth-order valence-corrected chi connectivity index (χ4v) is 1.56. The highest BCUT2D eigenvalue weighted by atomic mass is 19.1. The first-order valence-corrected chi connectivity index (χ1v) is 5.11. The van der Waals surface area contributed by atoms with Crippen molar-refractivity contribution in [2.75, 3.05) is 6.54 Å². The van der Waals surface area contributed by atoms with Crippen molar-refractivity contribution < 1.29 is 4.39 Å². The number of hydrogen-bond donors (Lipinski definition) is 1. The zero-order chi connectivity index (χ0) is 10.6. The Balaban J connectivity index is 2.75. The van der Waals surface area contributed by atoms with Crippen molar-refractivity contribution in [3.63, 3.8) is 0 Å². The van der Waals surface area contributed by atoms with Crippen LogP contribution in [0.3, 0.4) is 0 Å². The van der Waals surface area contributed by atoms with E-state index < -0.39 is 0 Å². The third kappa shape index (κ3) is 2.81. The van der Waals surface area contributed by atoms with Crippen molar-refractivity contribution in [1.82, 2.24) is 5.32 Å². The molecule has 0 unspecified atom stereocenters. The van der Waals surface area contributed by atoms with E-state index in [1.54, 1.807) is 6.07 Å². The molecule has 0 saturated heterocycles. The summed E-state index contributed by atoms with van der Waals surface area (Å²) in [6.45, 7) is 7.54. The van der Waals surface area contributed by atoms with Gasteiger partial charge in [-0.2, -0.15) is 0 Å². The molecule has 0 fully saturated rings. The number of nitrogens with one attached hydrogen (secondary N) is 1. The van der Waals surface area contributed by atoms with Gasteiger partial charge in [-0.25, -0.2) is 4.39 Å². The molecule has 0 aliphatic carbocycles. The van der Waals surface area contributed by atoms with Gasteiger partial charge in [0.2, 0.25) is 0 Å². The van der Waals surface area contributed by atoms with E-state index in [1.807, 2.05) is 19.9 Å². The van der Waals surface area contributed by atoms with E-state index in [0.717, 1.165) is 29.7 Å². The third-order valence-electron chi connectivity index (χ3n) is 2.29. The van der Waals surface area contributed by atoms with Gasteiger partial charge < -0.3 is 5.32 Å². The van der Waals surface area contributed by atoms with Crippen LogP contribution in [-0.2, 0) is 6.54 Å². The highest BCUT2D eigenvalue weighted by Gasteiger charge is 2.05. The molecule has 0 bridgehead atoms. The number of hydrogen-bond acceptors (Lipinski definition) is 1. The normalized spacial score (nSPS) is 10.6. The second-order valence-electron chi connectivity index (χ2n) is 3.72. The Labute approximate surface area is 85.3 Å². The molecule has 1 N–H and O–H groups in total. The summed E-state index contributed by atoms with van der Waals surface area (Å²) < 4.78 is 13.5. The molecule has 0 atom stereocenters. The Morgan fingerprint density at radius 1 is 1.29 bits per heavy atom. The maximum atomic E-state index is 13.5. The molecule has 0 aliphatic heterocycles. The summed E-state index contributed by atoms with van der Waals surface area (Å²) in [7, 11) is 0. The predicted molar refractivity (Wildman–Crippen MR) is 57.9 cm³/mol. The molecule has 0 amide bonds. The smallest absolute Gasteiger partial charge is 0.128 e. The van der Waals surface area contributed by atoms with Crippen LogP contribution in [0.4, 0.5) is 4.39 Å². The summed E-state index contributed by atoms with van der Waals surface area (Å²) >= 11 is 0. The van der Waals surface area contributed by atoms with Crippen molar-refractivity contribution in [3.8, 4) is 0 Å². The van der Waals surface area contributed by atoms with Gasteiger partial charge in [0, 0.05) is 12.1 Å². The second kappa shape index (κ2) is 5.11. The minimum Gasteiger partial charge on any atom is -0.313 e. The van der Waals surface area contributed by atoms with Gasteiger partial charge in [0.1, 0.15) is 5.82 Å². The van der Waals surface area contributed by atoms with Gasteiger partial charge >= 0.3 is 0 Å². The summed E-state index contributed by atoms with van der Waals surface area (Å²) in [6, 6.07) is 3.61. The van der Waals surface area contributed by atoms with Gasteiger partial charge in [0.15, 0.2) is 0 Å². The molecule has 78 valence electrons. The van der Waals surface area contributed by atoms with Crippen LogP contribution in [0.1, 0.15) is 30.0 Å². The first-order chi connectivity index (χ1) is 6.65. The lowest BCUT2D eigenvalue weighted by molar-refractivity contribution is 0.583. The SMILES string of the molecule is CCCNCc1c(C)cc(C)cc1F. The minimum atomic E-state index is -0.0916. The first-order valence-electron chi connectivity index (χ1n) is 5.11. The largest absolute Gasteiger partial charge is 0.313 e. The molecule has 1 rings (SSSR count). The molecule has 0 heterocycles. The first kappa shape index (κ1) is 11.2. The monoisotopic (exact) mass is 195 g/mol. The zero-order valence-electron chi connectivity index (χ0n) is 9.15. The lowest BCUT2D eigenvalue weighted by Crippen LogP contribution is -2.15. The highest BCUT2D eigenvalue weighted by molar-refractivity contribution is 5.31. The number of halogens is 1. The lowest BCUT2D eigenvalue weighted by Gasteiger charge is -2.09. The van der Waals surface area contributed by atoms with Crippen molar-refractivity contribution in [1.29, 1.82) is 0 Å². The Hall–Kier alpha value is -0.890. The molecule has 0 radical (unpaired) electrons. The summed E-state index contributed by atoms with van der Waals surface area (Å²) in [6.07, 6.45) is 1.08. The van der Waals surface area contributed by atoms with E-state index in [0.29, 0.717) is 6.54 Å². The maximum Gasteiger partial charge on any atom is 0.128 e. The van der Waals surface area contributed by atoms with Crippen molar-refractivity contribution in [3.05, 3.63) is 34.6 Å². The topological polar surface area (TPSA) is 12.0 Å². The summed E-state index contributed by atoms with van der Waals surface area (Å²) in [5, 5.41) is 3.21. The number of rotatable bonds is 4. The fraction of sp³-hybridized carbons (Fsp3) is 0.500. The molecule has 1 aromatic carbocycles. The number of benzene rings is 1. The lowest BCUT2D eigenvalue weighted by atomic mass is 10.0. The van der Waals surface area contributed by atoms with E-state index in [1.165, 1.54) is 0 Å². The second-order valence-corrected chi connectivity index (χ2v) is 3.72. The molecule has 0 aromatic heterocycles. The molecular formula is C12H18FN. The summed E-state index contributed by atoms with van der Waals surface area (Å²) in [5.74, 6) is -0.0916. The summed E-state index contributed by atoms with van der Waals surface area (Å²) in [4.78, 5) is 0. The molecule has 2 heteroatoms.